The first-order valence-electron chi connectivity index (χ1n) is 13.0. The fourth-order valence-electron chi connectivity index (χ4n) is 4.52. The van der Waals surface area contributed by atoms with Gasteiger partial charge in [-0.2, -0.15) is 0 Å². The van der Waals surface area contributed by atoms with E-state index in [1.165, 1.54) is 64.2 Å². The number of carboxylic acid groups (broad SMARTS) is 1. The molecular weight excluding hydrogens is 388 g/mol. The van der Waals surface area contributed by atoms with Crippen molar-refractivity contribution in [2.75, 3.05) is 0 Å². The maximum absolute atomic E-state index is 12.6. The smallest absolute Gasteiger partial charge is 0.310 e. The lowest BCUT2D eigenvalue weighted by molar-refractivity contribution is -0.162. The van der Waals surface area contributed by atoms with Gasteiger partial charge in [0.1, 0.15) is 6.10 Å². The summed E-state index contributed by atoms with van der Waals surface area (Å²) in [5.74, 6) is -1.55. The van der Waals surface area contributed by atoms with E-state index in [0.717, 1.165) is 31.6 Å². The standard InChI is InChI=1S/C27H48O4/c1-4-17-23(31-27(30)25-21-16-15-20-24(25)26(28)29)19-14-12-10-8-6-5-7-9-11-13-18-22(2)3/h15-16,22-25H,4-14,17-21H2,1-3H3,(H,28,29). The number of hydrogen-bond donors (Lipinski definition) is 1. The Kier molecular flexibility index (Phi) is 15.4. The second-order valence-electron chi connectivity index (χ2n) is 9.85. The van der Waals surface area contributed by atoms with Crippen LogP contribution in [0, 0.1) is 17.8 Å². The van der Waals surface area contributed by atoms with E-state index in [1.54, 1.807) is 0 Å². The van der Waals surface area contributed by atoms with Gasteiger partial charge in [-0.1, -0.05) is 104 Å². The van der Waals surface area contributed by atoms with Gasteiger partial charge in [0.2, 0.25) is 0 Å². The molecule has 0 amide bonds. The molecule has 0 aromatic carbocycles. The molecule has 0 bridgehead atoms. The van der Waals surface area contributed by atoms with Gasteiger partial charge in [-0.05, 0) is 38.0 Å². The number of carbonyl (C=O) groups excluding carboxylic acids is 1. The van der Waals surface area contributed by atoms with Gasteiger partial charge in [-0.15, -0.1) is 0 Å². The lowest BCUT2D eigenvalue weighted by Crippen LogP contribution is -2.34. The third-order valence-corrected chi connectivity index (χ3v) is 6.50. The van der Waals surface area contributed by atoms with Crippen molar-refractivity contribution in [3.8, 4) is 0 Å². The van der Waals surface area contributed by atoms with E-state index in [0.29, 0.717) is 12.8 Å². The van der Waals surface area contributed by atoms with E-state index in [2.05, 4.69) is 20.8 Å². The predicted molar refractivity (Wildman–Crippen MR) is 128 cm³/mol. The molecule has 1 N–H and O–H groups in total. The molecule has 0 radical (unpaired) electrons. The Bertz CT molecular complexity index is 511. The number of aliphatic carboxylic acids is 1. The summed E-state index contributed by atoms with van der Waals surface area (Å²) in [6, 6.07) is 0. The third kappa shape index (κ3) is 13.0. The SMILES string of the molecule is CCCC(CCCCCCCCCCCCC(C)C)OC(=O)C1CC=CCC1C(=O)O. The number of esters is 1. The molecule has 0 spiro atoms. The molecule has 1 rings (SSSR count). The third-order valence-electron chi connectivity index (χ3n) is 6.50. The monoisotopic (exact) mass is 436 g/mol. The lowest BCUT2D eigenvalue weighted by atomic mass is 9.83. The van der Waals surface area contributed by atoms with Gasteiger partial charge >= 0.3 is 11.9 Å². The van der Waals surface area contributed by atoms with Gasteiger partial charge < -0.3 is 9.84 Å². The molecule has 0 aromatic rings. The van der Waals surface area contributed by atoms with Crippen molar-refractivity contribution in [2.24, 2.45) is 17.8 Å². The van der Waals surface area contributed by atoms with Crippen LogP contribution in [0.15, 0.2) is 12.2 Å². The first kappa shape index (κ1) is 27.7. The fourth-order valence-corrected chi connectivity index (χ4v) is 4.52. The number of unbranched alkanes of at least 4 members (excludes halogenated alkanes) is 9. The number of carbonyl (C=O) groups is 2. The van der Waals surface area contributed by atoms with Gasteiger partial charge in [0, 0.05) is 0 Å². The highest BCUT2D eigenvalue weighted by atomic mass is 16.5. The van der Waals surface area contributed by atoms with Gasteiger partial charge in [-0.3, -0.25) is 9.59 Å². The number of hydrogen-bond acceptors (Lipinski definition) is 3. The molecule has 0 saturated carbocycles. The Morgan fingerprint density at radius 2 is 1.29 bits per heavy atom. The van der Waals surface area contributed by atoms with Crippen LogP contribution in [0.4, 0.5) is 0 Å². The normalized spacial score (nSPS) is 19.5. The van der Waals surface area contributed by atoms with E-state index >= 15 is 0 Å². The fraction of sp³-hybridized carbons (Fsp3) is 0.852. The van der Waals surface area contributed by atoms with Crippen LogP contribution in [-0.4, -0.2) is 23.1 Å². The van der Waals surface area contributed by atoms with Crippen molar-refractivity contribution in [1.82, 2.24) is 0 Å². The Balaban J connectivity index is 2.14. The number of allylic oxidation sites excluding steroid dienone is 2. The van der Waals surface area contributed by atoms with Crippen molar-refractivity contribution in [2.45, 2.75) is 130 Å². The average Bonchev–Trinajstić information content (AvgIpc) is 2.74. The molecule has 1 aliphatic rings. The molecule has 3 atom stereocenters. The van der Waals surface area contributed by atoms with Crippen LogP contribution in [0.25, 0.3) is 0 Å². The van der Waals surface area contributed by atoms with E-state index in [4.69, 9.17) is 4.74 Å². The Hall–Kier alpha value is -1.32. The summed E-state index contributed by atoms with van der Waals surface area (Å²) in [7, 11) is 0. The first-order chi connectivity index (χ1) is 15.0. The van der Waals surface area contributed by atoms with E-state index in [-0.39, 0.29) is 12.1 Å². The molecule has 3 unspecified atom stereocenters. The van der Waals surface area contributed by atoms with Crippen molar-refractivity contribution in [3.63, 3.8) is 0 Å². The number of rotatable bonds is 18. The lowest BCUT2D eigenvalue weighted by Gasteiger charge is -2.26. The molecule has 1 aliphatic carbocycles. The van der Waals surface area contributed by atoms with Gasteiger partial charge in [0.15, 0.2) is 0 Å². The number of ether oxygens (including phenoxy) is 1. The van der Waals surface area contributed by atoms with Gasteiger partial charge in [0.05, 0.1) is 11.8 Å². The largest absolute Gasteiger partial charge is 0.481 e. The van der Waals surface area contributed by atoms with Crippen molar-refractivity contribution in [1.29, 1.82) is 0 Å². The molecule has 0 fully saturated rings. The first-order valence-corrected chi connectivity index (χ1v) is 13.0. The summed E-state index contributed by atoms with van der Waals surface area (Å²) < 4.78 is 5.78. The zero-order valence-electron chi connectivity index (χ0n) is 20.4. The zero-order valence-corrected chi connectivity index (χ0v) is 20.4. The van der Waals surface area contributed by atoms with Crippen LogP contribution < -0.4 is 0 Å². The molecule has 4 heteroatoms. The van der Waals surface area contributed by atoms with Crippen LogP contribution in [0.2, 0.25) is 0 Å². The van der Waals surface area contributed by atoms with E-state index in [1.807, 2.05) is 12.2 Å². The highest BCUT2D eigenvalue weighted by Gasteiger charge is 2.35. The maximum Gasteiger partial charge on any atom is 0.310 e. The summed E-state index contributed by atoms with van der Waals surface area (Å²) in [5.41, 5.74) is 0. The molecular formula is C27H48O4. The molecule has 0 saturated heterocycles. The van der Waals surface area contributed by atoms with Crippen LogP contribution in [0.1, 0.15) is 124 Å². The van der Waals surface area contributed by atoms with E-state index < -0.39 is 17.8 Å². The summed E-state index contributed by atoms with van der Waals surface area (Å²) in [5, 5.41) is 9.39. The molecule has 0 heterocycles. The van der Waals surface area contributed by atoms with E-state index in [9.17, 15) is 14.7 Å². The molecule has 31 heavy (non-hydrogen) atoms. The van der Waals surface area contributed by atoms with Crippen molar-refractivity contribution < 1.29 is 19.4 Å². The molecule has 0 aromatic heterocycles. The zero-order chi connectivity index (χ0) is 22.9. The minimum Gasteiger partial charge on any atom is -0.481 e. The summed E-state index contributed by atoms with van der Waals surface area (Å²) >= 11 is 0. The molecule has 0 aliphatic heterocycles. The van der Waals surface area contributed by atoms with Gasteiger partial charge in [0.25, 0.3) is 0 Å². The van der Waals surface area contributed by atoms with Crippen LogP contribution >= 0.6 is 0 Å². The second-order valence-corrected chi connectivity index (χ2v) is 9.85. The van der Waals surface area contributed by atoms with Crippen molar-refractivity contribution in [3.05, 3.63) is 12.2 Å². The minimum atomic E-state index is -0.895. The highest BCUT2D eigenvalue weighted by molar-refractivity contribution is 5.81. The Morgan fingerprint density at radius 3 is 1.77 bits per heavy atom. The van der Waals surface area contributed by atoms with Crippen LogP contribution in [0.3, 0.4) is 0 Å². The summed E-state index contributed by atoms with van der Waals surface area (Å²) in [6.07, 6.45) is 21.8. The Labute approximate surface area is 191 Å². The average molecular weight is 437 g/mol. The highest BCUT2D eigenvalue weighted by Crippen LogP contribution is 2.28. The van der Waals surface area contributed by atoms with Crippen LogP contribution in [0.5, 0.6) is 0 Å². The topological polar surface area (TPSA) is 63.6 Å². The summed E-state index contributed by atoms with van der Waals surface area (Å²) in [4.78, 5) is 24.1. The summed E-state index contributed by atoms with van der Waals surface area (Å²) in [6.45, 7) is 6.71. The predicted octanol–water partition coefficient (Wildman–Crippen LogP) is 7.70. The minimum absolute atomic E-state index is 0.0660. The Morgan fingerprint density at radius 1 is 0.806 bits per heavy atom. The molecule has 180 valence electrons. The molecule has 4 nitrogen and oxygen atoms in total. The maximum atomic E-state index is 12.6. The quantitative estimate of drug-likeness (QED) is 0.136. The van der Waals surface area contributed by atoms with Crippen LogP contribution in [-0.2, 0) is 14.3 Å². The van der Waals surface area contributed by atoms with Crippen molar-refractivity contribution >= 4 is 11.9 Å². The second kappa shape index (κ2) is 17.3. The van der Waals surface area contributed by atoms with Gasteiger partial charge in [-0.25, -0.2) is 0 Å². The number of carboxylic acids is 1.